The van der Waals surface area contributed by atoms with E-state index in [4.69, 9.17) is 4.74 Å². The lowest BCUT2D eigenvalue weighted by molar-refractivity contribution is -0.107. The van der Waals surface area contributed by atoms with Crippen LogP contribution < -0.4 is 10.1 Å². The number of anilines is 1. The average Bonchev–Trinajstić information content (AvgIpc) is 2.42. The molecule has 18 heavy (non-hydrogen) atoms. The molecule has 0 atom stereocenters. The number of nitrogens with one attached hydrogen (secondary N) is 1. The van der Waals surface area contributed by atoms with Crippen molar-refractivity contribution in [1.29, 1.82) is 0 Å². The Kier molecular flexibility index (Phi) is 4.36. The van der Waals surface area contributed by atoms with Crippen molar-refractivity contribution in [3.05, 3.63) is 60.2 Å². The van der Waals surface area contributed by atoms with Crippen molar-refractivity contribution in [3.63, 3.8) is 0 Å². The highest BCUT2D eigenvalue weighted by atomic mass is 16.5. The summed E-state index contributed by atoms with van der Waals surface area (Å²) < 4.78 is 5.54. The van der Waals surface area contributed by atoms with Crippen LogP contribution >= 0.6 is 0 Å². The van der Waals surface area contributed by atoms with Crippen molar-refractivity contribution < 1.29 is 9.53 Å². The highest BCUT2D eigenvalue weighted by Crippen LogP contribution is 2.12. The quantitative estimate of drug-likeness (QED) is 0.624. The molecule has 0 aromatic heterocycles. The molecule has 0 aliphatic carbocycles. The lowest BCUT2D eigenvalue weighted by atomic mass is 10.2. The summed E-state index contributed by atoms with van der Waals surface area (Å²) in [6.07, 6.45) is 1.34. The molecule has 0 saturated carbocycles. The molecule has 0 amide bonds. The third kappa shape index (κ3) is 3.63. The average molecular weight is 241 g/mol. The van der Waals surface area contributed by atoms with Gasteiger partial charge in [-0.15, -0.1) is 0 Å². The molecule has 0 aliphatic rings. The van der Waals surface area contributed by atoms with E-state index in [9.17, 15) is 4.79 Å². The van der Waals surface area contributed by atoms with Gasteiger partial charge in [-0.3, -0.25) is 0 Å². The first-order chi connectivity index (χ1) is 8.88. The zero-order valence-corrected chi connectivity index (χ0v) is 10.0. The predicted octanol–water partition coefficient (Wildman–Crippen LogP) is 2.88. The minimum absolute atomic E-state index is 0.414. The first kappa shape index (κ1) is 12.2. The lowest BCUT2D eigenvalue weighted by Gasteiger charge is -2.09. The summed E-state index contributed by atoms with van der Waals surface area (Å²) in [6.45, 7) is 0.414. The zero-order valence-electron chi connectivity index (χ0n) is 10.0. The van der Waals surface area contributed by atoms with Gasteiger partial charge in [0.25, 0.3) is 0 Å². The van der Waals surface area contributed by atoms with Crippen LogP contribution in [-0.2, 0) is 11.2 Å². The summed E-state index contributed by atoms with van der Waals surface area (Å²) in [5.74, 6) is 0.785. The standard InChI is InChI=1S/C15H15NO2/c17-11-10-13-6-8-15(9-7-13)18-12-16-14-4-2-1-3-5-14/h1-9,11,16H,10,12H2. The Morgan fingerprint density at radius 3 is 2.39 bits per heavy atom. The third-order valence-corrected chi connectivity index (χ3v) is 2.53. The fourth-order valence-electron chi connectivity index (χ4n) is 1.58. The minimum atomic E-state index is 0.414. The number of benzene rings is 2. The molecule has 0 fully saturated rings. The molecule has 0 radical (unpaired) electrons. The van der Waals surface area contributed by atoms with Crippen LogP contribution in [0, 0.1) is 0 Å². The van der Waals surface area contributed by atoms with Crippen LogP contribution in [-0.4, -0.2) is 13.0 Å². The molecule has 0 aliphatic heterocycles. The fraction of sp³-hybridized carbons (Fsp3) is 0.133. The van der Waals surface area contributed by atoms with E-state index in [1.807, 2.05) is 54.6 Å². The number of ether oxygens (including phenoxy) is 1. The Balaban J connectivity index is 1.81. The molecule has 2 aromatic rings. The summed E-state index contributed by atoms with van der Waals surface area (Å²) in [6, 6.07) is 17.4. The van der Waals surface area contributed by atoms with Gasteiger partial charge in [0.15, 0.2) is 6.73 Å². The molecule has 92 valence electrons. The van der Waals surface area contributed by atoms with Gasteiger partial charge in [-0.25, -0.2) is 0 Å². The van der Waals surface area contributed by atoms with Gasteiger partial charge in [0.2, 0.25) is 0 Å². The van der Waals surface area contributed by atoms with Gasteiger partial charge in [-0.05, 0) is 29.8 Å². The number of hydrogen-bond acceptors (Lipinski definition) is 3. The second kappa shape index (κ2) is 6.45. The summed E-state index contributed by atoms with van der Waals surface area (Å²) in [7, 11) is 0. The molecule has 0 bridgehead atoms. The second-order valence-electron chi connectivity index (χ2n) is 3.85. The molecule has 1 N–H and O–H groups in total. The van der Waals surface area contributed by atoms with Crippen molar-refractivity contribution in [2.75, 3.05) is 12.0 Å². The van der Waals surface area contributed by atoms with Gasteiger partial charge in [-0.2, -0.15) is 0 Å². The van der Waals surface area contributed by atoms with Gasteiger partial charge in [0, 0.05) is 12.1 Å². The van der Waals surface area contributed by atoms with Crippen molar-refractivity contribution in [2.45, 2.75) is 6.42 Å². The van der Waals surface area contributed by atoms with Crippen LogP contribution in [0.15, 0.2) is 54.6 Å². The molecule has 2 aromatic carbocycles. The van der Waals surface area contributed by atoms with Crippen LogP contribution in [0.25, 0.3) is 0 Å². The van der Waals surface area contributed by atoms with Gasteiger partial charge < -0.3 is 14.8 Å². The summed E-state index contributed by atoms with van der Waals surface area (Å²) in [5, 5.41) is 3.15. The van der Waals surface area contributed by atoms with E-state index < -0.39 is 0 Å². The van der Waals surface area contributed by atoms with Gasteiger partial charge in [0.05, 0.1) is 0 Å². The Labute approximate surface area is 106 Å². The topological polar surface area (TPSA) is 38.3 Å². The molecule has 0 unspecified atom stereocenters. The second-order valence-corrected chi connectivity index (χ2v) is 3.85. The number of para-hydroxylation sites is 1. The number of hydrogen-bond donors (Lipinski definition) is 1. The first-order valence-electron chi connectivity index (χ1n) is 5.83. The first-order valence-corrected chi connectivity index (χ1v) is 5.83. The van der Waals surface area contributed by atoms with Gasteiger partial charge in [-0.1, -0.05) is 30.3 Å². The summed E-state index contributed by atoms with van der Waals surface area (Å²) in [5.41, 5.74) is 2.02. The number of carbonyl (C=O) groups excluding carboxylic acids is 1. The smallest absolute Gasteiger partial charge is 0.159 e. The molecule has 0 saturated heterocycles. The van der Waals surface area contributed by atoms with Crippen LogP contribution in [0.1, 0.15) is 5.56 Å². The number of rotatable bonds is 6. The van der Waals surface area contributed by atoms with Crippen LogP contribution in [0.4, 0.5) is 5.69 Å². The molecular formula is C15H15NO2. The van der Waals surface area contributed by atoms with Crippen LogP contribution in [0.3, 0.4) is 0 Å². The largest absolute Gasteiger partial charge is 0.473 e. The summed E-state index contributed by atoms with van der Waals surface area (Å²) >= 11 is 0. The van der Waals surface area contributed by atoms with Gasteiger partial charge >= 0.3 is 0 Å². The van der Waals surface area contributed by atoms with E-state index in [1.165, 1.54) is 0 Å². The van der Waals surface area contributed by atoms with Crippen molar-refractivity contribution >= 4 is 12.0 Å². The van der Waals surface area contributed by atoms with Gasteiger partial charge in [0.1, 0.15) is 12.0 Å². The SMILES string of the molecule is O=CCc1ccc(OCNc2ccccc2)cc1. The maximum Gasteiger partial charge on any atom is 0.159 e. The Morgan fingerprint density at radius 2 is 1.72 bits per heavy atom. The van der Waals surface area contributed by atoms with E-state index in [2.05, 4.69) is 5.32 Å². The van der Waals surface area contributed by atoms with E-state index in [0.29, 0.717) is 13.2 Å². The normalized spacial score (nSPS) is 9.78. The highest BCUT2D eigenvalue weighted by Gasteiger charge is 1.95. The van der Waals surface area contributed by atoms with Crippen molar-refractivity contribution in [3.8, 4) is 5.75 Å². The molecule has 3 heteroatoms. The minimum Gasteiger partial charge on any atom is -0.473 e. The van der Waals surface area contributed by atoms with E-state index in [-0.39, 0.29) is 0 Å². The van der Waals surface area contributed by atoms with E-state index >= 15 is 0 Å². The third-order valence-electron chi connectivity index (χ3n) is 2.53. The Morgan fingerprint density at radius 1 is 1.00 bits per heavy atom. The molecule has 0 spiro atoms. The molecular weight excluding hydrogens is 226 g/mol. The molecule has 3 nitrogen and oxygen atoms in total. The van der Waals surface area contributed by atoms with E-state index in [0.717, 1.165) is 23.3 Å². The van der Waals surface area contributed by atoms with Crippen LogP contribution in [0.5, 0.6) is 5.75 Å². The van der Waals surface area contributed by atoms with Crippen molar-refractivity contribution in [1.82, 2.24) is 0 Å². The summed E-state index contributed by atoms with van der Waals surface area (Å²) in [4.78, 5) is 10.3. The Hall–Kier alpha value is -2.29. The predicted molar refractivity (Wildman–Crippen MR) is 71.8 cm³/mol. The lowest BCUT2D eigenvalue weighted by Crippen LogP contribution is -2.08. The Bertz CT molecular complexity index is 480. The van der Waals surface area contributed by atoms with Crippen molar-refractivity contribution in [2.24, 2.45) is 0 Å². The molecule has 0 heterocycles. The highest BCUT2D eigenvalue weighted by molar-refractivity contribution is 5.55. The fourth-order valence-corrected chi connectivity index (χ4v) is 1.58. The number of carbonyl (C=O) groups is 1. The van der Waals surface area contributed by atoms with Crippen LogP contribution in [0.2, 0.25) is 0 Å². The zero-order chi connectivity index (χ0) is 12.6. The number of aldehydes is 1. The maximum atomic E-state index is 10.3. The molecule has 2 rings (SSSR count). The van der Waals surface area contributed by atoms with E-state index in [1.54, 1.807) is 0 Å². The monoisotopic (exact) mass is 241 g/mol. The maximum absolute atomic E-state index is 10.3.